The average Bonchev–Trinajstić information content (AvgIpc) is 3.82. The number of hydrogen-bond acceptors (Lipinski definition) is 5. The number of nitrogens with zero attached hydrogens (tertiary/aromatic N) is 2. The van der Waals surface area contributed by atoms with E-state index in [1.165, 1.54) is 40.3 Å². The van der Waals surface area contributed by atoms with Gasteiger partial charge in [0, 0.05) is 62.7 Å². The molecule has 3 heterocycles. The Bertz CT molecular complexity index is 2660. The Balaban J connectivity index is 1.28. The van der Waals surface area contributed by atoms with E-state index < -0.39 is 0 Å². The topological polar surface area (TPSA) is 29.3 Å². The van der Waals surface area contributed by atoms with Crippen LogP contribution in [0.4, 0.5) is 17.1 Å². The Morgan fingerprint density at radius 1 is 0.478 bits per heavy atom. The molecule has 0 aliphatic rings. The van der Waals surface area contributed by atoms with E-state index >= 15 is 0 Å². The molecular weight excluding hydrogens is 601 g/mol. The maximum atomic E-state index is 6.62. The standard InChI is InChI=1S/C41H24N2OS2/c1-2-10-25(11-3-1)41-42-39-34(22-26-12-4-5-13-29(26)40(39)44-41)43(27-18-20-32-30-14-6-8-16-35(30)45-37(32)23-27)28-19-21-33-31-15-7-9-17-36(31)46-38(33)24-28/h1-24H. The van der Waals surface area contributed by atoms with Crippen LogP contribution in [0, 0.1) is 0 Å². The van der Waals surface area contributed by atoms with E-state index in [9.17, 15) is 0 Å². The molecule has 0 bridgehead atoms. The van der Waals surface area contributed by atoms with Crippen molar-refractivity contribution in [2.75, 3.05) is 4.90 Å². The van der Waals surface area contributed by atoms with Crippen LogP contribution in [0.1, 0.15) is 0 Å². The molecular formula is C41H24N2OS2. The highest BCUT2D eigenvalue weighted by Crippen LogP contribution is 2.46. The Hall–Kier alpha value is -5.49. The Morgan fingerprint density at radius 3 is 1.67 bits per heavy atom. The van der Waals surface area contributed by atoms with Gasteiger partial charge in [-0.3, -0.25) is 0 Å². The quantitative estimate of drug-likeness (QED) is 0.195. The zero-order chi connectivity index (χ0) is 30.2. The Kier molecular flexibility index (Phi) is 5.61. The fourth-order valence-electron chi connectivity index (χ4n) is 6.73. The first-order chi connectivity index (χ1) is 22.8. The summed E-state index contributed by atoms with van der Waals surface area (Å²) in [5.41, 5.74) is 5.74. The molecule has 0 saturated carbocycles. The maximum Gasteiger partial charge on any atom is 0.227 e. The zero-order valence-corrected chi connectivity index (χ0v) is 26.1. The van der Waals surface area contributed by atoms with Crippen molar-refractivity contribution in [1.82, 2.24) is 4.98 Å². The van der Waals surface area contributed by atoms with Gasteiger partial charge in [0.15, 0.2) is 5.58 Å². The molecule has 216 valence electrons. The fraction of sp³-hybridized carbons (Fsp3) is 0. The van der Waals surface area contributed by atoms with Gasteiger partial charge in [-0.1, -0.05) is 91.0 Å². The van der Waals surface area contributed by atoms with Crippen molar-refractivity contribution >= 4 is 102 Å². The monoisotopic (exact) mass is 624 g/mol. The number of rotatable bonds is 4. The number of thiophene rings is 2. The summed E-state index contributed by atoms with van der Waals surface area (Å²) < 4.78 is 11.7. The van der Waals surface area contributed by atoms with E-state index in [-0.39, 0.29) is 0 Å². The molecule has 0 amide bonds. The van der Waals surface area contributed by atoms with Crippen molar-refractivity contribution in [3.63, 3.8) is 0 Å². The molecule has 46 heavy (non-hydrogen) atoms. The van der Waals surface area contributed by atoms with Gasteiger partial charge in [-0.2, -0.15) is 0 Å². The van der Waals surface area contributed by atoms with Crippen LogP contribution < -0.4 is 4.90 Å². The minimum atomic E-state index is 0.619. The Labute approximate surface area is 272 Å². The van der Waals surface area contributed by atoms with Gasteiger partial charge in [0.2, 0.25) is 5.89 Å². The summed E-state index contributed by atoms with van der Waals surface area (Å²) in [5.74, 6) is 0.619. The second kappa shape index (κ2) is 10.0. The van der Waals surface area contributed by atoms with Crippen LogP contribution >= 0.6 is 22.7 Å². The number of oxazole rings is 1. The van der Waals surface area contributed by atoms with Crippen molar-refractivity contribution in [2.24, 2.45) is 0 Å². The van der Waals surface area contributed by atoms with Gasteiger partial charge >= 0.3 is 0 Å². The number of fused-ring (bicyclic) bond motifs is 9. The SMILES string of the molecule is c1ccc(-c2nc3c(N(c4ccc5c(c4)sc4ccccc45)c4ccc5c(c4)sc4ccccc45)cc4ccccc4c3o2)cc1. The van der Waals surface area contributed by atoms with Gasteiger partial charge in [0.05, 0.1) is 5.69 Å². The molecule has 10 aromatic rings. The van der Waals surface area contributed by atoms with Gasteiger partial charge in [-0.05, 0) is 60.0 Å². The molecule has 0 fully saturated rings. The second-order valence-electron chi connectivity index (χ2n) is 11.6. The molecule has 0 spiro atoms. The van der Waals surface area contributed by atoms with Crippen molar-refractivity contribution in [3.05, 3.63) is 146 Å². The first-order valence-electron chi connectivity index (χ1n) is 15.3. The average molecular weight is 625 g/mol. The van der Waals surface area contributed by atoms with E-state index in [0.717, 1.165) is 44.5 Å². The summed E-state index contributed by atoms with van der Waals surface area (Å²) in [4.78, 5) is 7.56. The Morgan fingerprint density at radius 2 is 1.02 bits per heavy atom. The van der Waals surface area contributed by atoms with Gasteiger partial charge in [0.1, 0.15) is 5.52 Å². The lowest BCUT2D eigenvalue weighted by Crippen LogP contribution is -2.10. The van der Waals surface area contributed by atoms with Crippen molar-refractivity contribution in [1.29, 1.82) is 0 Å². The molecule has 3 nitrogen and oxygen atoms in total. The van der Waals surface area contributed by atoms with Crippen LogP contribution in [0.25, 0.3) is 73.7 Å². The molecule has 7 aromatic carbocycles. The van der Waals surface area contributed by atoms with Crippen LogP contribution in [0.15, 0.2) is 150 Å². The number of hydrogen-bond donors (Lipinski definition) is 0. The number of anilines is 3. The summed E-state index contributed by atoms with van der Waals surface area (Å²) in [6.07, 6.45) is 0. The first kappa shape index (κ1) is 25.8. The molecule has 5 heteroatoms. The molecule has 3 aromatic heterocycles. The summed E-state index contributed by atoms with van der Waals surface area (Å²) in [6.45, 7) is 0. The highest BCUT2D eigenvalue weighted by molar-refractivity contribution is 7.26. The lowest BCUT2D eigenvalue weighted by molar-refractivity contribution is 0.623. The third kappa shape index (κ3) is 3.92. The third-order valence-corrected chi connectivity index (χ3v) is 11.1. The largest absolute Gasteiger partial charge is 0.435 e. The van der Waals surface area contributed by atoms with E-state index in [4.69, 9.17) is 9.40 Å². The molecule has 0 N–H and O–H groups in total. The van der Waals surface area contributed by atoms with E-state index in [2.05, 4.69) is 132 Å². The summed E-state index contributed by atoms with van der Waals surface area (Å²) in [5, 5.41) is 7.31. The zero-order valence-electron chi connectivity index (χ0n) is 24.5. The smallest absolute Gasteiger partial charge is 0.227 e. The maximum absolute atomic E-state index is 6.62. The molecule has 0 saturated heterocycles. The molecule has 0 unspecified atom stereocenters. The van der Waals surface area contributed by atoms with E-state index in [1.807, 2.05) is 40.9 Å². The van der Waals surface area contributed by atoms with Gasteiger partial charge in [-0.25, -0.2) is 4.98 Å². The van der Waals surface area contributed by atoms with Crippen molar-refractivity contribution in [3.8, 4) is 11.5 Å². The lowest BCUT2D eigenvalue weighted by Gasteiger charge is -2.26. The normalized spacial score (nSPS) is 11.9. The van der Waals surface area contributed by atoms with Crippen LogP contribution in [0.2, 0.25) is 0 Å². The fourth-order valence-corrected chi connectivity index (χ4v) is 9.01. The van der Waals surface area contributed by atoms with Crippen molar-refractivity contribution < 1.29 is 4.42 Å². The minimum Gasteiger partial charge on any atom is -0.435 e. The predicted octanol–water partition coefficient (Wildman–Crippen LogP) is 12.9. The van der Waals surface area contributed by atoms with Crippen LogP contribution in [0.3, 0.4) is 0 Å². The van der Waals surface area contributed by atoms with Crippen LogP contribution in [0.5, 0.6) is 0 Å². The highest BCUT2D eigenvalue weighted by Gasteiger charge is 2.23. The number of aromatic nitrogens is 1. The van der Waals surface area contributed by atoms with Crippen LogP contribution in [-0.4, -0.2) is 4.98 Å². The summed E-state index contributed by atoms with van der Waals surface area (Å²) in [7, 11) is 0. The molecule has 10 rings (SSSR count). The first-order valence-corrected chi connectivity index (χ1v) is 16.9. The lowest BCUT2D eigenvalue weighted by atomic mass is 10.1. The summed E-state index contributed by atoms with van der Waals surface area (Å²) >= 11 is 3.68. The third-order valence-electron chi connectivity index (χ3n) is 8.87. The summed E-state index contributed by atoms with van der Waals surface area (Å²) in [6, 6.07) is 51.9. The van der Waals surface area contributed by atoms with Crippen LogP contribution in [-0.2, 0) is 0 Å². The molecule has 0 radical (unpaired) electrons. The minimum absolute atomic E-state index is 0.619. The predicted molar refractivity (Wildman–Crippen MR) is 197 cm³/mol. The van der Waals surface area contributed by atoms with E-state index in [1.54, 1.807) is 0 Å². The van der Waals surface area contributed by atoms with E-state index in [0.29, 0.717) is 5.89 Å². The second-order valence-corrected chi connectivity index (χ2v) is 13.7. The molecule has 0 aliphatic carbocycles. The van der Waals surface area contributed by atoms with Gasteiger partial charge in [0.25, 0.3) is 0 Å². The van der Waals surface area contributed by atoms with Gasteiger partial charge in [-0.15, -0.1) is 22.7 Å². The molecule has 0 aliphatic heterocycles. The highest BCUT2D eigenvalue weighted by atomic mass is 32.1. The van der Waals surface area contributed by atoms with Gasteiger partial charge < -0.3 is 9.32 Å². The number of benzene rings is 7. The molecule has 0 atom stereocenters. The van der Waals surface area contributed by atoms with Crippen molar-refractivity contribution in [2.45, 2.75) is 0 Å².